The molecule has 0 aliphatic rings. The fraction of sp³-hybridized carbons (Fsp3) is 0.0345. The van der Waals surface area contributed by atoms with Gasteiger partial charge >= 0.3 is 21.7 Å². The van der Waals surface area contributed by atoms with Crippen molar-refractivity contribution in [1.82, 2.24) is 0 Å². The Morgan fingerprint density at radius 1 is 0.543 bits per heavy atom. The van der Waals surface area contributed by atoms with Gasteiger partial charge in [-0.2, -0.15) is 0 Å². The molecule has 0 atom stereocenters. The predicted octanol–water partition coefficient (Wildman–Crippen LogP) is 1.80. The number of fused-ring (bicyclic) bond motifs is 3. The molecule has 2 N–H and O–H groups in total. The summed E-state index contributed by atoms with van der Waals surface area (Å²) in [6.07, 6.45) is 0. The molecule has 6 heteroatoms. The zero-order valence-electron chi connectivity index (χ0n) is 18.5. The van der Waals surface area contributed by atoms with E-state index in [1.165, 1.54) is 4.70 Å². The minimum absolute atomic E-state index is 0. The first-order chi connectivity index (χ1) is 15.7. The van der Waals surface area contributed by atoms with E-state index in [0.717, 1.165) is 42.9 Å². The van der Waals surface area contributed by atoms with E-state index in [-0.39, 0.29) is 63.9 Å². The molecular weight excluding hydrogens is 531 g/mol. The van der Waals surface area contributed by atoms with E-state index in [1.807, 2.05) is 84.9 Å². The summed E-state index contributed by atoms with van der Waals surface area (Å²) in [6.45, 7) is 0. The van der Waals surface area contributed by atoms with Crippen molar-refractivity contribution in [1.29, 1.82) is 0 Å². The molecule has 0 saturated carbocycles. The predicted molar refractivity (Wildman–Crippen MR) is 134 cm³/mol. The summed E-state index contributed by atoms with van der Waals surface area (Å²) >= 11 is 1.70. The summed E-state index contributed by atoms with van der Waals surface area (Å²) in [5.41, 5.74) is 1.58. The first-order valence-electron chi connectivity index (χ1n) is 10.6. The molecule has 0 bridgehead atoms. The second kappa shape index (κ2) is 11.0. The maximum atomic E-state index is 11.3. The summed E-state index contributed by atoms with van der Waals surface area (Å²) in [6, 6.07) is 34.2. The van der Waals surface area contributed by atoms with Gasteiger partial charge in [0.25, 0.3) is 0 Å². The van der Waals surface area contributed by atoms with Crippen LogP contribution in [0.4, 0.5) is 0 Å². The number of phenolic OH excluding ortho intramolecular Hbond substituents is 2. The molecule has 0 aliphatic carbocycles. The zero-order valence-corrected chi connectivity index (χ0v) is 22.3. The third kappa shape index (κ3) is 4.68. The first-order valence-corrected chi connectivity index (χ1v) is 11.4. The van der Waals surface area contributed by atoms with Gasteiger partial charge in [0, 0.05) is 31.5 Å². The normalized spacial score (nSPS) is 10.7. The number of thiophene rings is 1. The van der Waals surface area contributed by atoms with Crippen molar-refractivity contribution in [2.45, 2.75) is 5.92 Å². The Balaban J connectivity index is 0.00000114. The molecule has 172 valence electrons. The summed E-state index contributed by atoms with van der Waals surface area (Å²) < 4.78 is 1.19. The largest absolute Gasteiger partial charge is 2.00 e. The van der Waals surface area contributed by atoms with E-state index in [1.54, 1.807) is 11.3 Å². The van der Waals surface area contributed by atoms with E-state index >= 15 is 0 Å². The fourth-order valence-electron chi connectivity index (χ4n) is 4.63. The van der Waals surface area contributed by atoms with Gasteiger partial charge in [-0.25, -0.2) is 0 Å². The van der Waals surface area contributed by atoms with Crippen molar-refractivity contribution in [3.05, 3.63) is 119 Å². The van der Waals surface area contributed by atoms with Crippen LogP contribution in [0, 0.1) is 0 Å². The average Bonchev–Trinajstić information content (AvgIpc) is 3.26. The Labute approximate surface area is 234 Å². The maximum absolute atomic E-state index is 11.3. The van der Waals surface area contributed by atoms with Crippen molar-refractivity contribution in [2.75, 3.05) is 0 Å². The Hall–Kier alpha value is -2.53. The Bertz CT molecular complexity index is 1510. The summed E-state index contributed by atoms with van der Waals surface area (Å²) in [4.78, 5) is 1.09. The molecule has 2 nitrogen and oxygen atoms in total. The maximum Gasteiger partial charge on any atom is 2.00 e. The van der Waals surface area contributed by atoms with Crippen LogP contribution in [-0.4, -0.2) is 10.2 Å². The van der Waals surface area contributed by atoms with Gasteiger partial charge < -0.3 is 35.0 Å². The van der Waals surface area contributed by atoms with Gasteiger partial charge in [0.05, 0.1) is 5.92 Å². The molecule has 5 aromatic carbocycles. The Morgan fingerprint density at radius 2 is 1.00 bits per heavy atom. The molecule has 1 aromatic heterocycles. The van der Waals surface area contributed by atoms with Crippen LogP contribution in [0.15, 0.2) is 103 Å². The summed E-state index contributed by atoms with van der Waals surface area (Å²) in [5, 5.41) is 27.5. The molecule has 0 saturated heterocycles. The molecule has 6 rings (SSSR count). The minimum Gasteiger partial charge on any atom is -1.00 e. The summed E-state index contributed by atoms with van der Waals surface area (Å²) in [7, 11) is 0. The number of hydrogen-bond acceptors (Lipinski definition) is 3. The third-order valence-corrected chi connectivity index (χ3v) is 7.40. The third-order valence-electron chi connectivity index (χ3n) is 6.21. The van der Waals surface area contributed by atoms with E-state index in [9.17, 15) is 10.2 Å². The van der Waals surface area contributed by atoms with Gasteiger partial charge in [0.1, 0.15) is 11.5 Å². The van der Waals surface area contributed by atoms with Crippen LogP contribution in [0.1, 0.15) is 21.9 Å². The molecule has 0 radical (unpaired) electrons. The second-order valence-corrected chi connectivity index (χ2v) is 9.18. The van der Waals surface area contributed by atoms with E-state index in [4.69, 9.17) is 0 Å². The minimum atomic E-state index is -0.290. The molecule has 0 fully saturated rings. The van der Waals surface area contributed by atoms with Gasteiger partial charge in [-0.1, -0.05) is 91.0 Å². The number of halogens is 2. The summed E-state index contributed by atoms with van der Waals surface area (Å²) in [5.74, 6) is 0.234. The molecule has 1 heterocycles. The number of aromatic hydroxyl groups is 2. The second-order valence-electron chi connectivity index (χ2n) is 8.07. The standard InChI is InChI=1S/C29H20O2S.2ClH.Ti/c30-28-21-10-4-1-7-18(21)13-15-23(28)27(26-17-20-9-3-6-12-25(20)32-26)24-16-14-19-8-2-5-11-22(19)29(24)31;;;/h1-17,27,30-31H;2*1H;/q;;;+2/p-2. The van der Waals surface area contributed by atoms with Crippen LogP contribution in [0.5, 0.6) is 11.5 Å². The molecule has 0 unspecified atom stereocenters. The van der Waals surface area contributed by atoms with Crippen molar-refractivity contribution in [3.63, 3.8) is 0 Å². The molecule has 0 spiro atoms. The number of benzene rings is 5. The molecule has 6 aromatic rings. The van der Waals surface area contributed by atoms with E-state index < -0.39 is 0 Å². The van der Waals surface area contributed by atoms with Crippen molar-refractivity contribution >= 4 is 43.0 Å². The van der Waals surface area contributed by atoms with E-state index in [2.05, 4.69) is 18.2 Å². The van der Waals surface area contributed by atoms with Gasteiger partial charge in [-0.15, -0.1) is 11.3 Å². The number of rotatable bonds is 3. The zero-order chi connectivity index (χ0) is 21.7. The van der Waals surface area contributed by atoms with Gasteiger partial charge in [0.2, 0.25) is 0 Å². The average molecular weight is 551 g/mol. The van der Waals surface area contributed by atoms with Crippen LogP contribution in [-0.2, 0) is 21.7 Å². The fourth-order valence-corrected chi connectivity index (χ4v) is 5.83. The van der Waals surface area contributed by atoms with Crippen molar-refractivity contribution < 1.29 is 56.7 Å². The van der Waals surface area contributed by atoms with Crippen LogP contribution in [0.25, 0.3) is 31.6 Å². The van der Waals surface area contributed by atoms with Crippen LogP contribution < -0.4 is 24.8 Å². The van der Waals surface area contributed by atoms with Crippen LogP contribution in [0.3, 0.4) is 0 Å². The monoisotopic (exact) mass is 550 g/mol. The smallest absolute Gasteiger partial charge is 1.00 e. The van der Waals surface area contributed by atoms with Crippen molar-refractivity contribution in [2.24, 2.45) is 0 Å². The quantitative estimate of drug-likeness (QED) is 0.330. The van der Waals surface area contributed by atoms with Crippen LogP contribution in [0.2, 0.25) is 0 Å². The van der Waals surface area contributed by atoms with E-state index in [0.29, 0.717) is 0 Å². The number of hydrogen-bond donors (Lipinski definition) is 2. The molecular formula is C29H20Cl2O2STi. The Kier molecular flexibility index (Phi) is 8.53. The Morgan fingerprint density at radius 3 is 1.51 bits per heavy atom. The van der Waals surface area contributed by atoms with Crippen LogP contribution >= 0.6 is 11.3 Å². The molecule has 0 amide bonds. The van der Waals surface area contributed by atoms with Crippen molar-refractivity contribution in [3.8, 4) is 11.5 Å². The van der Waals surface area contributed by atoms with Gasteiger partial charge in [0.15, 0.2) is 0 Å². The number of phenols is 2. The SMILES string of the molecule is Oc1c(C(c2cc3ccccc3s2)c2ccc3ccccc3c2O)ccc2ccccc12.[Cl-].[Cl-].[Ti+2]. The molecule has 35 heavy (non-hydrogen) atoms. The van der Waals surface area contributed by atoms with Gasteiger partial charge in [-0.05, 0) is 28.3 Å². The molecule has 0 aliphatic heterocycles. The first kappa shape index (κ1) is 27.1. The van der Waals surface area contributed by atoms with Gasteiger partial charge in [-0.3, -0.25) is 0 Å². The topological polar surface area (TPSA) is 40.5 Å².